The first-order valence-corrected chi connectivity index (χ1v) is 5.10. The van der Waals surface area contributed by atoms with Crippen LogP contribution in [0.3, 0.4) is 0 Å². The number of urea groups is 1. The molecule has 0 fully saturated rings. The molecule has 0 saturated carbocycles. The normalized spacial score (nSPS) is 12.7. The summed E-state index contributed by atoms with van der Waals surface area (Å²) in [4.78, 5) is 32.6. The molecule has 1 atom stereocenters. The lowest BCUT2D eigenvalue weighted by Crippen LogP contribution is -2.50. The number of hydrogen-bond donors (Lipinski definition) is 3. The van der Waals surface area contributed by atoms with E-state index in [-0.39, 0.29) is 0 Å². The van der Waals surface area contributed by atoms with E-state index >= 15 is 0 Å². The minimum absolute atomic E-state index is 0.746. The number of halogens is 4. The van der Waals surface area contributed by atoms with Crippen molar-refractivity contribution in [1.29, 1.82) is 0 Å². The maximum Gasteiger partial charge on any atom is 0.326 e. The fraction of sp³-hybridized carbons (Fsp3) is 0.667. The van der Waals surface area contributed by atoms with Gasteiger partial charge in [-0.25, -0.2) is 18.4 Å². The standard InChI is InChI=1S/C9H12F4N2O5/c1-20-5(16)2-4(6(17)18)15-8(19)14-3-9(12,13)7(10)11/h4,7H,2-3H2,1H3,(H,17,18)(H2,14,15,19)/t4-/m0/s1. The van der Waals surface area contributed by atoms with Gasteiger partial charge in [0.25, 0.3) is 0 Å². The van der Waals surface area contributed by atoms with Crippen LogP contribution < -0.4 is 10.6 Å². The molecule has 0 saturated heterocycles. The number of ether oxygens (including phenoxy) is 1. The largest absolute Gasteiger partial charge is 0.480 e. The number of carbonyl (C=O) groups is 3. The third-order valence-corrected chi connectivity index (χ3v) is 2.01. The van der Waals surface area contributed by atoms with Crippen molar-refractivity contribution in [3.8, 4) is 0 Å². The fourth-order valence-corrected chi connectivity index (χ4v) is 0.935. The van der Waals surface area contributed by atoms with Crippen molar-refractivity contribution in [2.75, 3.05) is 13.7 Å². The van der Waals surface area contributed by atoms with Gasteiger partial charge in [-0.05, 0) is 0 Å². The third kappa shape index (κ3) is 6.20. The Morgan fingerprint density at radius 2 is 1.85 bits per heavy atom. The van der Waals surface area contributed by atoms with Crippen LogP contribution in [0.5, 0.6) is 0 Å². The number of alkyl halides is 4. The number of carboxylic acids is 1. The average molecular weight is 304 g/mol. The number of carboxylic acid groups (broad SMARTS) is 1. The number of carbonyl (C=O) groups excluding carboxylic acids is 2. The molecular formula is C9H12F4N2O5. The van der Waals surface area contributed by atoms with Crippen molar-refractivity contribution in [1.82, 2.24) is 10.6 Å². The summed E-state index contributed by atoms with van der Waals surface area (Å²) in [5, 5.41) is 11.7. The number of rotatable bonds is 7. The number of nitrogens with one attached hydrogen (secondary N) is 2. The van der Waals surface area contributed by atoms with Crippen LogP contribution in [-0.4, -0.2) is 55.1 Å². The lowest BCUT2D eigenvalue weighted by Gasteiger charge is -2.18. The van der Waals surface area contributed by atoms with E-state index in [1.54, 1.807) is 5.32 Å². The van der Waals surface area contributed by atoms with Crippen LogP contribution in [0, 0.1) is 0 Å². The predicted molar refractivity (Wildman–Crippen MR) is 55.5 cm³/mol. The van der Waals surface area contributed by atoms with E-state index < -0.39 is 49.3 Å². The molecule has 2 amide bonds. The van der Waals surface area contributed by atoms with E-state index in [1.165, 1.54) is 5.32 Å². The Morgan fingerprint density at radius 3 is 2.25 bits per heavy atom. The third-order valence-electron chi connectivity index (χ3n) is 2.01. The van der Waals surface area contributed by atoms with Crippen LogP contribution in [-0.2, 0) is 14.3 Å². The molecule has 0 aliphatic carbocycles. The smallest absolute Gasteiger partial charge is 0.326 e. The van der Waals surface area contributed by atoms with E-state index in [1.807, 2.05) is 0 Å². The van der Waals surface area contributed by atoms with E-state index in [9.17, 15) is 31.9 Å². The number of amides is 2. The van der Waals surface area contributed by atoms with Gasteiger partial charge in [-0.2, -0.15) is 8.78 Å². The monoisotopic (exact) mass is 304 g/mol. The summed E-state index contributed by atoms with van der Waals surface area (Å²) >= 11 is 0. The highest BCUT2D eigenvalue weighted by atomic mass is 19.3. The van der Waals surface area contributed by atoms with Crippen LogP contribution >= 0.6 is 0 Å². The predicted octanol–water partition coefficient (Wildman–Crippen LogP) is 0.202. The Bertz CT molecular complexity index is 377. The lowest BCUT2D eigenvalue weighted by molar-refractivity contribution is -0.147. The summed E-state index contributed by atoms with van der Waals surface area (Å²) in [5.74, 6) is -7.03. The van der Waals surface area contributed by atoms with E-state index in [0.29, 0.717) is 0 Å². The van der Waals surface area contributed by atoms with Crippen molar-refractivity contribution in [3.05, 3.63) is 0 Å². The van der Waals surface area contributed by atoms with Crippen LogP contribution in [0.25, 0.3) is 0 Å². The Hall–Kier alpha value is -2.07. The van der Waals surface area contributed by atoms with Crippen LogP contribution in [0.15, 0.2) is 0 Å². The van der Waals surface area contributed by atoms with Gasteiger partial charge in [0.2, 0.25) is 0 Å². The molecule has 0 rings (SSSR count). The molecule has 0 aromatic rings. The summed E-state index contributed by atoms with van der Waals surface area (Å²) < 4.78 is 52.7. The molecule has 0 aliphatic rings. The molecule has 0 heterocycles. The van der Waals surface area contributed by atoms with Crippen LogP contribution in [0.4, 0.5) is 22.4 Å². The fourth-order valence-electron chi connectivity index (χ4n) is 0.935. The molecule has 0 aromatic heterocycles. The van der Waals surface area contributed by atoms with Gasteiger partial charge >= 0.3 is 30.3 Å². The quantitative estimate of drug-likeness (QED) is 0.460. The summed E-state index contributed by atoms with van der Waals surface area (Å²) in [6, 6.07) is -3.16. The van der Waals surface area contributed by atoms with Gasteiger partial charge in [0.05, 0.1) is 20.1 Å². The van der Waals surface area contributed by atoms with E-state index in [0.717, 1.165) is 7.11 Å². The zero-order valence-corrected chi connectivity index (χ0v) is 10.2. The maximum absolute atomic E-state index is 12.5. The zero-order chi connectivity index (χ0) is 15.9. The van der Waals surface area contributed by atoms with Crippen molar-refractivity contribution < 1.29 is 41.8 Å². The van der Waals surface area contributed by atoms with E-state index in [4.69, 9.17) is 5.11 Å². The second-order valence-electron chi connectivity index (χ2n) is 3.56. The topological polar surface area (TPSA) is 105 Å². The van der Waals surface area contributed by atoms with E-state index in [2.05, 4.69) is 4.74 Å². The molecular weight excluding hydrogens is 292 g/mol. The zero-order valence-electron chi connectivity index (χ0n) is 10.2. The first-order valence-electron chi connectivity index (χ1n) is 5.10. The molecule has 0 radical (unpaired) electrons. The molecule has 116 valence electrons. The molecule has 7 nitrogen and oxygen atoms in total. The van der Waals surface area contributed by atoms with Gasteiger partial charge in [0, 0.05) is 0 Å². The highest BCUT2D eigenvalue weighted by Crippen LogP contribution is 2.21. The van der Waals surface area contributed by atoms with Gasteiger partial charge < -0.3 is 20.5 Å². The Kier molecular flexibility index (Phi) is 6.73. The average Bonchev–Trinajstić information content (AvgIpc) is 2.35. The summed E-state index contributed by atoms with van der Waals surface area (Å²) in [5.41, 5.74) is 0. The second-order valence-corrected chi connectivity index (χ2v) is 3.56. The minimum Gasteiger partial charge on any atom is -0.480 e. The Balaban J connectivity index is 4.41. The summed E-state index contributed by atoms with van der Waals surface area (Å²) in [6.45, 7) is -1.68. The van der Waals surface area contributed by atoms with Gasteiger partial charge in [-0.3, -0.25) is 4.79 Å². The van der Waals surface area contributed by atoms with Crippen molar-refractivity contribution in [2.24, 2.45) is 0 Å². The lowest BCUT2D eigenvalue weighted by atomic mass is 10.2. The molecule has 0 aromatic carbocycles. The highest BCUT2D eigenvalue weighted by molar-refractivity contribution is 5.86. The molecule has 20 heavy (non-hydrogen) atoms. The first-order chi connectivity index (χ1) is 9.10. The molecule has 3 N–H and O–H groups in total. The van der Waals surface area contributed by atoms with Crippen LogP contribution in [0.2, 0.25) is 0 Å². The van der Waals surface area contributed by atoms with Crippen molar-refractivity contribution >= 4 is 18.0 Å². The maximum atomic E-state index is 12.5. The number of hydrogen-bond acceptors (Lipinski definition) is 4. The first kappa shape index (κ1) is 17.9. The van der Waals surface area contributed by atoms with Crippen LogP contribution in [0.1, 0.15) is 6.42 Å². The molecule has 0 aliphatic heterocycles. The minimum atomic E-state index is -4.45. The molecule has 0 bridgehead atoms. The van der Waals surface area contributed by atoms with Gasteiger partial charge in [0.1, 0.15) is 6.04 Å². The summed E-state index contributed by atoms with van der Waals surface area (Å²) in [7, 11) is 0.977. The molecule has 0 spiro atoms. The number of methoxy groups -OCH3 is 1. The summed E-state index contributed by atoms with van der Waals surface area (Å²) in [6.07, 6.45) is -4.72. The van der Waals surface area contributed by atoms with Gasteiger partial charge in [0.15, 0.2) is 0 Å². The molecule has 0 unspecified atom stereocenters. The van der Waals surface area contributed by atoms with Gasteiger partial charge in [-0.1, -0.05) is 0 Å². The molecule has 11 heteroatoms. The second kappa shape index (κ2) is 7.50. The SMILES string of the molecule is COC(=O)C[C@H](NC(=O)NCC(F)(F)C(F)F)C(=O)O. The van der Waals surface area contributed by atoms with Gasteiger partial charge in [-0.15, -0.1) is 0 Å². The van der Waals surface area contributed by atoms with Crippen molar-refractivity contribution in [2.45, 2.75) is 24.8 Å². The number of aliphatic carboxylic acids is 1. The number of esters is 1. The van der Waals surface area contributed by atoms with Crippen molar-refractivity contribution in [3.63, 3.8) is 0 Å². The Labute approximate surface area is 110 Å². The Morgan fingerprint density at radius 1 is 1.30 bits per heavy atom. The highest BCUT2D eigenvalue weighted by Gasteiger charge is 2.41.